The van der Waals surface area contributed by atoms with Crippen molar-refractivity contribution < 1.29 is 14.6 Å². The molecule has 0 amide bonds. The summed E-state index contributed by atoms with van der Waals surface area (Å²) in [5.41, 5.74) is 1.28. The Labute approximate surface area is 99.6 Å². The Morgan fingerprint density at radius 3 is 2.88 bits per heavy atom. The lowest BCUT2D eigenvalue weighted by Gasteiger charge is -2.12. The summed E-state index contributed by atoms with van der Waals surface area (Å²) in [6.45, 7) is 1.90. The molecule has 0 aliphatic carbocycles. The third-order valence-corrected chi connectivity index (χ3v) is 2.38. The van der Waals surface area contributed by atoms with Gasteiger partial charge in [-0.15, -0.1) is 0 Å². The van der Waals surface area contributed by atoms with Gasteiger partial charge in [0.05, 0.1) is 18.7 Å². The summed E-state index contributed by atoms with van der Waals surface area (Å²) in [7, 11) is 1.53. The Morgan fingerprint density at radius 1 is 1.65 bits per heavy atom. The van der Waals surface area contributed by atoms with Crippen LogP contribution in [-0.4, -0.2) is 24.2 Å². The van der Waals surface area contributed by atoms with Crippen LogP contribution in [0.4, 0.5) is 0 Å². The Balaban J connectivity index is 2.82. The molecule has 0 aromatic heterocycles. The number of methoxy groups -OCH3 is 1. The number of hydrogen-bond donors (Lipinski definition) is 2. The summed E-state index contributed by atoms with van der Waals surface area (Å²) in [6, 6.07) is 6.41. The predicted molar refractivity (Wildman–Crippen MR) is 61.6 cm³/mol. The molecule has 2 N–H and O–H groups in total. The summed E-state index contributed by atoms with van der Waals surface area (Å²) in [4.78, 5) is 10.7. The predicted octanol–water partition coefficient (Wildman–Crippen LogP) is 1.13. The van der Waals surface area contributed by atoms with Crippen LogP contribution in [0.1, 0.15) is 18.1 Å². The third-order valence-electron chi connectivity index (χ3n) is 2.38. The highest BCUT2D eigenvalue weighted by molar-refractivity contribution is 5.72. The van der Waals surface area contributed by atoms with Crippen molar-refractivity contribution in [2.24, 2.45) is 0 Å². The molecule has 0 fully saturated rings. The average molecular weight is 234 g/mol. The van der Waals surface area contributed by atoms with Crippen LogP contribution in [0.2, 0.25) is 0 Å². The summed E-state index contributed by atoms with van der Waals surface area (Å²) in [6.07, 6.45) is 0. The van der Waals surface area contributed by atoms with Gasteiger partial charge in [-0.25, -0.2) is 0 Å². The number of carbonyl (C=O) groups is 1. The highest BCUT2D eigenvalue weighted by Crippen LogP contribution is 2.19. The lowest BCUT2D eigenvalue weighted by molar-refractivity contribution is -0.139. The van der Waals surface area contributed by atoms with Gasteiger partial charge in [-0.3, -0.25) is 4.79 Å². The SMILES string of the molecule is COc1ccc(C#N)cc1CN[C@H](C)C(=O)O. The lowest BCUT2D eigenvalue weighted by atomic mass is 10.1. The van der Waals surface area contributed by atoms with Gasteiger partial charge in [-0.2, -0.15) is 5.26 Å². The van der Waals surface area contributed by atoms with Crippen LogP contribution in [0.25, 0.3) is 0 Å². The van der Waals surface area contributed by atoms with Crippen LogP contribution in [0, 0.1) is 11.3 Å². The van der Waals surface area contributed by atoms with Gasteiger partial charge >= 0.3 is 5.97 Å². The number of ether oxygens (including phenoxy) is 1. The molecule has 90 valence electrons. The van der Waals surface area contributed by atoms with Crippen molar-refractivity contribution in [2.75, 3.05) is 7.11 Å². The second kappa shape index (κ2) is 5.87. The number of aliphatic carboxylic acids is 1. The first-order valence-electron chi connectivity index (χ1n) is 5.11. The summed E-state index contributed by atoms with van der Waals surface area (Å²) in [5, 5.41) is 20.4. The average Bonchev–Trinajstić information content (AvgIpc) is 2.35. The van der Waals surface area contributed by atoms with Gasteiger partial charge in [0.2, 0.25) is 0 Å². The highest BCUT2D eigenvalue weighted by Gasteiger charge is 2.11. The van der Waals surface area contributed by atoms with Crippen molar-refractivity contribution in [1.82, 2.24) is 5.32 Å². The Hall–Kier alpha value is -2.06. The van der Waals surface area contributed by atoms with Crippen molar-refractivity contribution >= 4 is 5.97 Å². The molecule has 5 heteroatoms. The maximum Gasteiger partial charge on any atom is 0.320 e. The standard InChI is InChI=1S/C12H14N2O3/c1-8(12(15)16)14-7-10-5-9(6-13)3-4-11(10)17-2/h3-5,8,14H,7H2,1-2H3,(H,15,16)/t8-/m1/s1. The van der Waals surface area contributed by atoms with Crippen molar-refractivity contribution in [3.63, 3.8) is 0 Å². The maximum atomic E-state index is 10.7. The largest absolute Gasteiger partial charge is 0.496 e. The zero-order valence-electron chi connectivity index (χ0n) is 9.73. The van der Waals surface area contributed by atoms with Gasteiger partial charge in [0.1, 0.15) is 11.8 Å². The molecule has 0 saturated carbocycles. The van der Waals surface area contributed by atoms with Crippen LogP contribution < -0.4 is 10.1 Å². The molecule has 0 radical (unpaired) electrons. The van der Waals surface area contributed by atoms with Crippen molar-refractivity contribution in [1.29, 1.82) is 5.26 Å². The number of hydrogen-bond acceptors (Lipinski definition) is 4. The molecule has 0 bridgehead atoms. The second-order valence-corrected chi connectivity index (χ2v) is 3.58. The van der Waals surface area contributed by atoms with E-state index in [1.807, 2.05) is 6.07 Å². The highest BCUT2D eigenvalue weighted by atomic mass is 16.5. The molecule has 5 nitrogen and oxygen atoms in total. The van der Waals surface area contributed by atoms with Crippen molar-refractivity contribution in [3.8, 4) is 11.8 Å². The molecule has 1 atom stereocenters. The zero-order chi connectivity index (χ0) is 12.8. The van der Waals surface area contributed by atoms with Crippen molar-refractivity contribution in [2.45, 2.75) is 19.5 Å². The van der Waals surface area contributed by atoms with E-state index in [2.05, 4.69) is 5.32 Å². The van der Waals surface area contributed by atoms with Gasteiger partial charge in [0.25, 0.3) is 0 Å². The Morgan fingerprint density at radius 2 is 2.35 bits per heavy atom. The number of benzene rings is 1. The zero-order valence-corrected chi connectivity index (χ0v) is 9.73. The van der Waals surface area contributed by atoms with E-state index >= 15 is 0 Å². The third kappa shape index (κ3) is 3.47. The number of nitrogens with zero attached hydrogens (tertiary/aromatic N) is 1. The fourth-order valence-corrected chi connectivity index (χ4v) is 1.34. The minimum Gasteiger partial charge on any atom is -0.496 e. The van der Waals surface area contributed by atoms with Crippen LogP contribution in [0.15, 0.2) is 18.2 Å². The van der Waals surface area contributed by atoms with E-state index in [1.165, 1.54) is 7.11 Å². The van der Waals surface area contributed by atoms with E-state index in [4.69, 9.17) is 15.1 Å². The summed E-state index contributed by atoms with van der Waals surface area (Å²) < 4.78 is 5.14. The number of carboxylic acid groups (broad SMARTS) is 1. The maximum absolute atomic E-state index is 10.7. The van der Waals surface area contributed by atoms with Gasteiger partial charge in [0.15, 0.2) is 0 Å². The molecule has 0 saturated heterocycles. The smallest absolute Gasteiger partial charge is 0.320 e. The van der Waals surface area contributed by atoms with E-state index in [0.717, 1.165) is 5.56 Å². The van der Waals surface area contributed by atoms with Crippen LogP contribution in [0.5, 0.6) is 5.75 Å². The van der Waals surface area contributed by atoms with E-state index in [1.54, 1.807) is 25.1 Å². The molecule has 0 unspecified atom stereocenters. The number of nitriles is 1. The van der Waals surface area contributed by atoms with E-state index in [-0.39, 0.29) is 0 Å². The fraction of sp³-hybridized carbons (Fsp3) is 0.333. The minimum atomic E-state index is -0.916. The second-order valence-electron chi connectivity index (χ2n) is 3.58. The normalized spacial score (nSPS) is 11.6. The molecule has 1 rings (SSSR count). The monoisotopic (exact) mass is 234 g/mol. The summed E-state index contributed by atoms with van der Waals surface area (Å²) in [5.74, 6) is -0.283. The number of rotatable bonds is 5. The number of carboxylic acids is 1. The molecule has 0 aliphatic rings. The summed E-state index contributed by atoms with van der Waals surface area (Å²) >= 11 is 0. The van der Waals surface area contributed by atoms with Gasteiger partial charge in [-0.1, -0.05) is 0 Å². The molecule has 0 heterocycles. The molecule has 1 aromatic carbocycles. The van der Waals surface area contributed by atoms with E-state index in [9.17, 15) is 4.79 Å². The Bertz CT molecular complexity index is 452. The van der Waals surface area contributed by atoms with E-state index < -0.39 is 12.0 Å². The van der Waals surface area contributed by atoms with Crippen molar-refractivity contribution in [3.05, 3.63) is 29.3 Å². The van der Waals surface area contributed by atoms with Gasteiger partial charge in [-0.05, 0) is 25.1 Å². The molecule has 0 spiro atoms. The van der Waals surface area contributed by atoms with Crippen LogP contribution >= 0.6 is 0 Å². The van der Waals surface area contributed by atoms with Crippen LogP contribution in [-0.2, 0) is 11.3 Å². The molecule has 17 heavy (non-hydrogen) atoms. The molecular weight excluding hydrogens is 220 g/mol. The fourth-order valence-electron chi connectivity index (χ4n) is 1.34. The topological polar surface area (TPSA) is 82.3 Å². The minimum absolute atomic E-state index is 0.339. The molecular formula is C12H14N2O3. The van der Waals surface area contributed by atoms with Gasteiger partial charge < -0.3 is 15.2 Å². The van der Waals surface area contributed by atoms with Crippen LogP contribution in [0.3, 0.4) is 0 Å². The molecule has 0 aliphatic heterocycles. The van der Waals surface area contributed by atoms with Gasteiger partial charge in [0, 0.05) is 12.1 Å². The molecule has 1 aromatic rings. The quantitative estimate of drug-likeness (QED) is 0.798. The Kier molecular flexibility index (Phi) is 4.49. The van der Waals surface area contributed by atoms with E-state index in [0.29, 0.717) is 17.9 Å². The number of nitrogens with one attached hydrogen (secondary N) is 1. The first kappa shape index (κ1) is 13.0. The first-order chi connectivity index (χ1) is 8.08. The first-order valence-corrected chi connectivity index (χ1v) is 5.11. The lowest BCUT2D eigenvalue weighted by Crippen LogP contribution is -2.33.